The number of rotatable bonds is 3. The number of nitrogens with two attached hydrogens (primary N) is 1. The van der Waals surface area contributed by atoms with Gasteiger partial charge in [-0.3, -0.25) is 0 Å². The van der Waals surface area contributed by atoms with Crippen LogP contribution in [0.25, 0.3) is 0 Å². The summed E-state index contributed by atoms with van der Waals surface area (Å²) in [4.78, 5) is 0. The zero-order valence-electron chi connectivity index (χ0n) is 6.53. The molecule has 1 rings (SSSR count). The van der Waals surface area contributed by atoms with Crippen LogP contribution in [-0.4, -0.2) is 34.3 Å². The van der Waals surface area contributed by atoms with Crippen LogP contribution < -0.4 is 5.73 Å². The largest absolute Gasteiger partial charge is 0.369 e. The number of hydrogen-bond donors (Lipinski definition) is 2. The van der Waals surface area contributed by atoms with Gasteiger partial charge in [-0.2, -0.15) is 5.21 Å². The van der Waals surface area contributed by atoms with Gasteiger partial charge in [-0.25, -0.2) is 0 Å². The molecule has 0 spiro atoms. The van der Waals surface area contributed by atoms with Crippen LogP contribution in [0.2, 0.25) is 0 Å². The Bertz CT molecular complexity index is 205. The molecule has 0 fully saturated rings. The lowest BCUT2D eigenvalue weighted by atomic mass is 10.1. The van der Waals surface area contributed by atoms with Crippen molar-refractivity contribution in [1.82, 2.24) is 20.6 Å². The van der Waals surface area contributed by atoms with Gasteiger partial charge in [-0.1, -0.05) is 5.21 Å². The van der Waals surface area contributed by atoms with E-state index < -0.39 is 5.60 Å². The number of aromatic amines is 1. The molecule has 0 radical (unpaired) electrons. The molecule has 0 aromatic carbocycles. The Kier molecular flexibility index (Phi) is 2.16. The van der Waals surface area contributed by atoms with Gasteiger partial charge in [0.25, 0.3) is 0 Å². The second-order valence-electron chi connectivity index (χ2n) is 2.37. The van der Waals surface area contributed by atoms with E-state index in [-0.39, 0.29) is 0 Å². The van der Waals surface area contributed by atoms with E-state index in [1.54, 1.807) is 14.0 Å². The lowest BCUT2D eigenvalue weighted by Gasteiger charge is -2.21. The van der Waals surface area contributed by atoms with Gasteiger partial charge in [0.2, 0.25) is 5.82 Å². The fourth-order valence-electron chi connectivity index (χ4n) is 0.652. The second-order valence-corrected chi connectivity index (χ2v) is 2.37. The van der Waals surface area contributed by atoms with Crippen LogP contribution in [0.15, 0.2) is 0 Å². The summed E-state index contributed by atoms with van der Waals surface area (Å²) in [5, 5.41) is 13.3. The van der Waals surface area contributed by atoms with Gasteiger partial charge in [0, 0.05) is 13.7 Å². The summed E-state index contributed by atoms with van der Waals surface area (Å²) in [7, 11) is 1.56. The lowest BCUT2D eigenvalue weighted by Crippen LogP contribution is -2.34. The van der Waals surface area contributed by atoms with Crippen molar-refractivity contribution >= 4 is 0 Å². The minimum Gasteiger partial charge on any atom is -0.369 e. The first-order valence-corrected chi connectivity index (χ1v) is 3.22. The van der Waals surface area contributed by atoms with Gasteiger partial charge in [-0.05, 0) is 6.92 Å². The molecule has 0 bridgehead atoms. The molecule has 3 N–H and O–H groups in total. The smallest absolute Gasteiger partial charge is 0.207 e. The van der Waals surface area contributed by atoms with Crippen LogP contribution in [0.4, 0.5) is 0 Å². The van der Waals surface area contributed by atoms with E-state index in [0.29, 0.717) is 12.4 Å². The molecule has 11 heavy (non-hydrogen) atoms. The van der Waals surface area contributed by atoms with E-state index >= 15 is 0 Å². The maximum atomic E-state index is 5.46. The van der Waals surface area contributed by atoms with Gasteiger partial charge in [-0.15, -0.1) is 10.2 Å². The number of methoxy groups -OCH3 is 1. The van der Waals surface area contributed by atoms with Crippen molar-refractivity contribution in [3.05, 3.63) is 5.82 Å². The highest BCUT2D eigenvalue weighted by Crippen LogP contribution is 2.17. The van der Waals surface area contributed by atoms with E-state index in [1.807, 2.05) is 0 Å². The molecule has 1 atom stereocenters. The lowest BCUT2D eigenvalue weighted by molar-refractivity contribution is 0.00249. The van der Waals surface area contributed by atoms with Crippen molar-refractivity contribution in [2.45, 2.75) is 12.5 Å². The van der Waals surface area contributed by atoms with Crippen molar-refractivity contribution in [3.63, 3.8) is 0 Å². The molecule has 0 saturated carbocycles. The first kappa shape index (κ1) is 8.09. The van der Waals surface area contributed by atoms with Crippen molar-refractivity contribution < 1.29 is 4.74 Å². The molecule has 0 aliphatic carbocycles. The highest BCUT2D eigenvalue weighted by Gasteiger charge is 2.28. The average molecular weight is 157 g/mol. The molecular weight excluding hydrogens is 146 g/mol. The molecule has 6 nitrogen and oxygen atoms in total. The Labute approximate surface area is 64.1 Å². The molecular formula is C5H11N5O. The summed E-state index contributed by atoms with van der Waals surface area (Å²) in [5.74, 6) is 0.475. The van der Waals surface area contributed by atoms with E-state index in [9.17, 15) is 0 Å². The van der Waals surface area contributed by atoms with Crippen LogP contribution >= 0.6 is 0 Å². The van der Waals surface area contributed by atoms with Crippen molar-refractivity contribution in [2.24, 2.45) is 5.73 Å². The zero-order chi connectivity index (χ0) is 8.32. The van der Waals surface area contributed by atoms with Gasteiger partial charge < -0.3 is 10.5 Å². The van der Waals surface area contributed by atoms with Gasteiger partial charge in [0.15, 0.2) is 0 Å². The second kappa shape index (κ2) is 2.93. The number of hydrogen-bond acceptors (Lipinski definition) is 5. The number of H-pyrrole nitrogens is 1. The molecule has 1 unspecified atom stereocenters. The fraction of sp³-hybridized carbons (Fsp3) is 0.800. The zero-order valence-corrected chi connectivity index (χ0v) is 6.53. The first-order valence-electron chi connectivity index (χ1n) is 3.22. The number of nitrogens with one attached hydrogen (secondary N) is 1. The Morgan fingerprint density at radius 3 is 2.82 bits per heavy atom. The molecule has 0 saturated heterocycles. The highest BCUT2D eigenvalue weighted by molar-refractivity contribution is 4.96. The predicted octanol–water partition coefficient (Wildman–Crippen LogP) is -0.980. The third kappa shape index (κ3) is 1.36. The van der Waals surface area contributed by atoms with E-state index in [4.69, 9.17) is 10.5 Å². The van der Waals surface area contributed by atoms with E-state index in [2.05, 4.69) is 20.6 Å². The maximum absolute atomic E-state index is 5.46. The van der Waals surface area contributed by atoms with Crippen LogP contribution in [-0.2, 0) is 10.3 Å². The topological polar surface area (TPSA) is 89.7 Å². The average Bonchev–Trinajstić information content (AvgIpc) is 2.55. The minimum atomic E-state index is -0.632. The van der Waals surface area contributed by atoms with E-state index in [1.165, 1.54) is 0 Å². The van der Waals surface area contributed by atoms with Crippen LogP contribution in [0.1, 0.15) is 12.7 Å². The normalized spacial score (nSPS) is 16.3. The summed E-state index contributed by atoms with van der Waals surface area (Å²) in [6.45, 7) is 2.13. The molecule has 0 aliphatic heterocycles. The number of ether oxygens (including phenoxy) is 1. The van der Waals surface area contributed by atoms with Gasteiger partial charge in [0.05, 0.1) is 0 Å². The Balaban J connectivity index is 2.87. The van der Waals surface area contributed by atoms with Crippen molar-refractivity contribution in [2.75, 3.05) is 13.7 Å². The summed E-state index contributed by atoms with van der Waals surface area (Å²) in [6.07, 6.45) is 0. The number of nitrogens with zero attached hydrogens (tertiary/aromatic N) is 3. The maximum Gasteiger partial charge on any atom is 0.207 e. The molecule has 1 aromatic heterocycles. The monoisotopic (exact) mass is 157 g/mol. The standard InChI is InChI=1S/C5H11N5O/c1-5(3-6,11-2)4-7-9-10-8-4/h3,6H2,1-2H3,(H,7,8,9,10). The highest BCUT2D eigenvalue weighted by atomic mass is 16.5. The Hall–Kier alpha value is -1.01. The summed E-state index contributed by atoms with van der Waals surface area (Å²) in [5.41, 5.74) is 4.83. The molecule has 0 aliphatic rings. The fourth-order valence-corrected chi connectivity index (χ4v) is 0.652. The Morgan fingerprint density at radius 1 is 1.73 bits per heavy atom. The predicted molar refractivity (Wildman–Crippen MR) is 37.6 cm³/mol. The SMILES string of the molecule is COC(C)(CN)c1nn[nH]n1. The number of aromatic nitrogens is 4. The van der Waals surface area contributed by atoms with Gasteiger partial charge in [0.1, 0.15) is 5.60 Å². The summed E-state index contributed by atoms with van der Waals surface area (Å²) in [6, 6.07) is 0. The summed E-state index contributed by atoms with van der Waals surface area (Å²) >= 11 is 0. The van der Waals surface area contributed by atoms with Gasteiger partial charge >= 0.3 is 0 Å². The molecule has 1 heterocycles. The van der Waals surface area contributed by atoms with Crippen LogP contribution in [0.3, 0.4) is 0 Å². The van der Waals surface area contributed by atoms with E-state index in [0.717, 1.165) is 0 Å². The third-order valence-electron chi connectivity index (χ3n) is 1.66. The van der Waals surface area contributed by atoms with Crippen LogP contribution in [0.5, 0.6) is 0 Å². The Morgan fingerprint density at radius 2 is 2.45 bits per heavy atom. The number of tetrazole rings is 1. The quantitative estimate of drug-likeness (QED) is 0.588. The molecule has 6 heteroatoms. The van der Waals surface area contributed by atoms with Crippen molar-refractivity contribution in [3.8, 4) is 0 Å². The molecule has 1 aromatic rings. The molecule has 0 amide bonds. The van der Waals surface area contributed by atoms with Crippen LogP contribution in [0, 0.1) is 0 Å². The summed E-state index contributed by atoms with van der Waals surface area (Å²) < 4.78 is 5.12. The minimum absolute atomic E-state index is 0.322. The first-order chi connectivity index (χ1) is 5.23. The van der Waals surface area contributed by atoms with Crippen molar-refractivity contribution in [1.29, 1.82) is 0 Å². The molecule has 62 valence electrons. The third-order valence-corrected chi connectivity index (χ3v) is 1.66.